The maximum Gasteiger partial charge on any atom is 0.267 e. The summed E-state index contributed by atoms with van der Waals surface area (Å²) in [6.07, 6.45) is 3.14. The first-order valence-electron chi connectivity index (χ1n) is 8.70. The monoisotopic (exact) mass is 418 g/mol. The molecule has 3 heterocycles. The number of sulfonamides is 1. The van der Waals surface area contributed by atoms with Gasteiger partial charge < -0.3 is 5.32 Å². The minimum Gasteiger partial charge on any atom is -0.321 e. The molecule has 1 aromatic carbocycles. The predicted octanol–water partition coefficient (Wildman–Crippen LogP) is 2.07. The minimum absolute atomic E-state index is 0.0613. The van der Waals surface area contributed by atoms with Crippen molar-refractivity contribution in [2.24, 2.45) is 0 Å². The van der Waals surface area contributed by atoms with E-state index in [1.54, 1.807) is 11.4 Å². The standard InChI is InChI=1S/C17H18N6O3S2/c1-12-4-5-13(23-11-18-20-21-23)10-14(12)19-17(24)16-15(6-9-27-16)28(25,26)22-7-2-3-8-22/h4-6,9-11H,2-3,7-8H2,1H3,(H,19,24). The summed E-state index contributed by atoms with van der Waals surface area (Å²) in [4.78, 5) is 13.1. The lowest BCUT2D eigenvalue weighted by Crippen LogP contribution is -2.29. The molecule has 3 aromatic rings. The van der Waals surface area contributed by atoms with E-state index in [0.717, 1.165) is 29.7 Å². The summed E-state index contributed by atoms with van der Waals surface area (Å²) in [5.41, 5.74) is 2.09. The highest BCUT2D eigenvalue weighted by Gasteiger charge is 2.31. The second-order valence-electron chi connectivity index (χ2n) is 6.43. The summed E-state index contributed by atoms with van der Waals surface area (Å²) < 4.78 is 28.7. The van der Waals surface area contributed by atoms with Crippen molar-refractivity contribution >= 4 is 33.0 Å². The Kier molecular flexibility index (Phi) is 4.96. The normalized spacial score (nSPS) is 15.0. The van der Waals surface area contributed by atoms with Crippen LogP contribution >= 0.6 is 11.3 Å². The van der Waals surface area contributed by atoms with E-state index in [1.807, 2.05) is 19.1 Å². The van der Waals surface area contributed by atoms with Gasteiger partial charge in [0, 0.05) is 18.8 Å². The van der Waals surface area contributed by atoms with Gasteiger partial charge in [0.05, 0.1) is 5.69 Å². The highest BCUT2D eigenvalue weighted by molar-refractivity contribution is 7.89. The molecule has 0 bridgehead atoms. The molecular weight excluding hydrogens is 400 g/mol. The van der Waals surface area contributed by atoms with Crippen molar-refractivity contribution in [3.05, 3.63) is 46.4 Å². The summed E-state index contributed by atoms with van der Waals surface area (Å²) in [6.45, 7) is 2.84. The van der Waals surface area contributed by atoms with Gasteiger partial charge in [0.2, 0.25) is 10.0 Å². The zero-order chi connectivity index (χ0) is 19.7. The molecule has 146 valence electrons. The predicted molar refractivity (Wildman–Crippen MR) is 104 cm³/mol. The van der Waals surface area contributed by atoms with Gasteiger partial charge in [-0.15, -0.1) is 16.4 Å². The summed E-state index contributed by atoms with van der Waals surface area (Å²) in [5.74, 6) is -0.454. The Hall–Kier alpha value is -2.63. The van der Waals surface area contributed by atoms with Crippen molar-refractivity contribution < 1.29 is 13.2 Å². The molecule has 0 aliphatic carbocycles. The number of aryl methyl sites for hydroxylation is 1. The number of tetrazole rings is 1. The second kappa shape index (κ2) is 7.41. The molecule has 1 aliphatic heterocycles. The number of aromatic nitrogens is 4. The van der Waals surface area contributed by atoms with E-state index in [-0.39, 0.29) is 9.77 Å². The number of carbonyl (C=O) groups is 1. The van der Waals surface area contributed by atoms with Crippen LogP contribution in [0.1, 0.15) is 28.1 Å². The number of rotatable bonds is 5. The van der Waals surface area contributed by atoms with Crippen LogP contribution in [-0.4, -0.2) is 51.9 Å². The first kappa shape index (κ1) is 18.7. The molecule has 0 radical (unpaired) electrons. The molecule has 0 spiro atoms. The Morgan fingerprint density at radius 2 is 2.00 bits per heavy atom. The molecule has 28 heavy (non-hydrogen) atoms. The first-order valence-corrected chi connectivity index (χ1v) is 11.0. The molecule has 1 amide bonds. The number of thiophene rings is 1. The number of amides is 1. The summed E-state index contributed by atoms with van der Waals surface area (Å²) in [6, 6.07) is 6.90. The Bertz CT molecular complexity index is 1100. The van der Waals surface area contributed by atoms with Gasteiger partial charge in [-0.1, -0.05) is 6.07 Å². The number of hydrogen-bond donors (Lipinski definition) is 1. The van der Waals surface area contributed by atoms with Gasteiger partial charge in [-0.05, 0) is 59.3 Å². The molecule has 2 aromatic heterocycles. The van der Waals surface area contributed by atoms with Crippen LogP contribution < -0.4 is 5.32 Å². The second-order valence-corrected chi connectivity index (χ2v) is 9.26. The summed E-state index contributed by atoms with van der Waals surface area (Å²) >= 11 is 1.11. The molecule has 1 fully saturated rings. The average Bonchev–Trinajstić information content (AvgIpc) is 3.44. The van der Waals surface area contributed by atoms with Gasteiger partial charge in [-0.25, -0.2) is 13.1 Å². The molecule has 0 unspecified atom stereocenters. The fraction of sp³-hybridized carbons (Fsp3) is 0.294. The van der Waals surface area contributed by atoms with Crippen LogP contribution in [0.25, 0.3) is 5.69 Å². The number of nitrogens with zero attached hydrogens (tertiary/aromatic N) is 5. The van der Waals surface area contributed by atoms with Crippen molar-refractivity contribution in [1.29, 1.82) is 0 Å². The van der Waals surface area contributed by atoms with Gasteiger partial charge >= 0.3 is 0 Å². The van der Waals surface area contributed by atoms with Crippen LogP contribution in [0.5, 0.6) is 0 Å². The van der Waals surface area contributed by atoms with Crippen molar-refractivity contribution in [3.8, 4) is 5.69 Å². The number of hydrogen-bond acceptors (Lipinski definition) is 7. The van der Waals surface area contributed by atoms with E-state index in [9.17, 15) is 13.2 Å². The average molecular weight is 419 g/mol. The van der Waals surface area contributed by atoms with Crippen LogP contribution in [0.2, 0.25) is 0 Å². The molecule has 9 nitrogen and oxygen atoms in total. The number of carbonyl (C=O) groups excluding carboxylic acids is 1. The Balaban J connectivity index is 1.62. The lowest BCUT2D eigenvalue weighted by Gasteiger charge is -2.16. The van der Waals surface area contributed by atoms with Crippen LogP contribution in [0.4, 0.5) is 5.69 Å². The van der Waals surface area contributed by atoms with Gasteiger partial charge in [0.1, 0.15) is 16.1 Å². The van der Waals surface area contributed by atoms with Crippen LogP contribution in [0, 0.1) is 6.92 Å². The van der Waals surface area contributed by atoms with Gasteiger partial charge in [-0.3, -0.25) is 4.79 Å². The Morgan fingerprint density at radius 3 is 2.71 bits per heavy atom. The quantitative estimate of drug-likeness (QED) is 0.679. The third kappa shape index (κ3) is 3.43. The highest BCUT2D eigenvalue weighted by Crippen LogP contribution is 2.29. The fourth-order valence-corrected chi connectivity index (χ4v) is 5.89. The van der Waals surface area contributed by atoms with Crippen molar-refractivity contribution in [2.45, 2.75) is 24.7 Å². The summed E-state index contributed by atoms with van der Waals surface area (Å²) in [5, 5.41) is 15.5. The number of benzene rings is 1. The molecule has 1 saturated heterocycles. The molecule has 11 heteroatoms. The van der Waals surface area contributed by atoms with Crippen LogP contribution in [0.15, 0.2) is 40.9 Å². The molecule has 4 rings (SSSR count). The summed E-state index contributed by atoms with van der Waals surface area (Å²) in [7, 11) is -3.66. The molecular formula is C17H18N6O3S2. The first-order chi connectivity index (χ1) is 13.5. The van der Waals surface area contributed by atoms with Gasteiger partial charge in [0.15, 0.2) is 0 Å². The lowest BCUT2D eigenvalue weighted by molar-refractivity contribution is 0.102. The highest BCUT2D eigenvalue weighted by atomic mass is 32.2. The Morgan fingerprint density at radius 1 is 1.21 bits per heavy atom. The maximum absolute atomic E-state index is 12.9. The maximum atomic E-state index is 12.9. The number of anilines is 1. The molecule has 0 saturated carbocycles. The third-order valence-electron chi connectivity index (χ3n) is 4.60. The van der Waals surface area contributed by atoms with E-state index in [4.69, 9.17) is 0 Å². The van der Waals surface area contributed by atoms with E-state index in [1.165, 1.54) is 21.4 Å². The Labute approximate surface area is 166 Å². The number of nitrogens with one attached hydrogen (secondary N) is 1. The van der Waals surface area contributed by atoms with Crippen molar-refractivity contribution in [2.75, 3.05) is 18.4 Å². The van der Waals surface area contributed by atoms with Crippen molar-refractivity contribution in [3.63, 3.8) is 0 Å². The zero-order valence-corrected chi connectivity index (χ0v) is 16.7. The van der Waals surface area contributed by atoms with Gasteiger partial charge in [-0.2, -0.15) is 4.31 Å². The van der Waals surface area contributed by atoms with E-state index in [2.05, 4.69) is 20.8 Å². The fourth-order valence-electron chi connectivity index (χ4n) is 3.08. The smallest absolute Gasteiger partial charge is 0.267 e. The molecule has 1 aliphatic rings. The SMILES string of the molecule is Cc1ccc(-n2cnnn2)cc1NC(=O)c1sccc1S(=O)(=O)N1CCCC1. The van der Waals surface area contributed by atoms with Crippen molar-refractivity contribution in [1.82, 2.24) is 24.5 Å². The zero-order valence-electron chi connectivity index (χ0n) is 15.1. The molecule has 1 N–H and O–H groups in total. The van der Waals surface area contributed by atoms with E-state index < -0.39 is 15.9 Å². The molecule has 0 atom stereocenters. The van der Waals surface area contributed by atoms with Crippen LogP contribution in [0.3, 0.4) is 0 Å². The van der Waals surface area contributed by atoms with E-state index in [0.29, 0.717) is 24.5 Å². The third-order valence-corrected chi connectivity index (χ3v) is 7.58. The lowest BCUT2D eigenvalue weighted by atomic mass is 10.1. The minimum atomic E-state index is -3.66. The topological polar surface area (TPSA) is 110 Å². The van der Waals surface area contributed by atoms with Crippen LogP contribution in [-0.2, 0) is 10.0 Å². The van der Waals surface area contributed by atoms with Gasteiger partial charge in [0.25, 0.3) is 5.91 Å². The van der Waals surface area contributed by atoms with E-state index >= 15 is 0 Å². The largest absolute Gasteiger partial charge is 0.321 e.